The van der Waals surface area contributed by atoms with Gasteiger partial charge in [0.15, 0.2) is 5.65 Å². The van der Waals surface area contributed by atoms with Crippen molar-refractivity contribution in [2.24, 2.45) is 0 Å². The molecule has 1 amide bonds. The van der Waals surface area contributed by atoms with Crippen molar-refractivity contribution in [2.45, 2.75) is 13.3 Å². The van der Waals surface area contributed by atoms with E-state index >= 15 is 0 Å². The maximum Gasteiger partial charge on any atom is 0.315 e. The summed E-state index contributed by atoms with van der Waals surface area (Å²) in [5.41, 5.74) is 0.504. The molecule has 0 saturated heterocycles. The van der Waals surface area contributed by atoms with E-state index in [1.165, 1.54) is 0 Å². The molecule has 2 aromatic rings. The molecule has 0 atom stereocenters. The number of rotatable bonds is 4. The molecular formula is C11H12N4O3. The van der Waals surface area contributed by atoms with Crippen LogP contribution in [-0.2, 0) is 14.3 Å². The molecule has 7 nitrogen and oxygen atoms in total. The van der Waals surface area contributed by atoms with Gasteiger partial charge >= 0.3 is 5.97 Å². The molecule has 0 bridgehead atoms. The molecule has 0 unspecified atom stereocenters. The zero-order valence-corrected chi connectivity index (χ0v) is 9.77. The highest BCUT2D eigenvalue weighted by molar-refractivity contribution is 6.05. The van der Waals surface area contributed by atoms with Gasteiger partial charge in [-0.1, -0.05) is 0 Å². The molecule has 0 saturated carbocycles. The molecular weight excluding hydrogens is 236 g/mol. The zero-order chi connectivity index (χ0) is 13.0. The molecule has 94 valence electrons. The summed E-state index contributed by atoms with van der Waals surface area (Å²) in [6, 6.07) is 3.50. The van der Waals surface area contributed by atoms with Crippen LogP contribution in [0.1, 0.15) is 13.3 Å². The lowest BCUT2D eigenvalue weighted by Crippen LogP contribution is -2.18. The molecule has 2 heterocycles. The Morgan fingerprint density at radius 1 is 1.50 bits per heavy atom. The summed E-state index contributed by atoms with van der Waals surface area (Å²) in [5, 5.41) is 9.82. The molecule has 7 heteroatoms. The number of nitrogens with one attached hydrogen (secondary N) is 2. The number of anilines is 1. The van der Waals surface area contributed by atoms with Crippen LogP contribution < -0.4 is 5.32 Å². The molecule has 2 rings (SSSR count). The Kier molecular flexibility index (Phi) is 3.52. The number of hydrogen-bond acceptors (Lipinski definition) is 5. The van der Waals surface area contributed by atoms with Crippen LogP contribution in [-0.4, -0.2) is 33.7 Å². The predicted molar refractivity (Wildman–Crippen MR) is 63.8 cm³/mol. The van der Waals surface area contributed by atoms with Gasteiger partial charge in [-0.25, -0.2) is 4.98 Å². The van der Waals surface area contributed by atoms with Crippen LogP contribution >= 0.6 is 0 Å². The number of fused-ring (bicyclic) bond motifs is 1. The van der Waals surface area contributed by atoms with E-state index in [-0.39, 0.29) is 13.0 Å². The fourth-order valence-electron chi connectivity index (χ4n) is 1.47. The first-order valence-corrected chi connectivity index (χ1v) is 5.45. The van der Waals surface area contributed by atoms with E-state index in [1.807, 2.05) is 0 Å². The van der Waals surface area contributed by atoms with Crippen LogP contribution in [0.3, 0.4) is 0 Å². The lowest BCUT2D eigenvalue weighted by molar-refractivity contribution is -0.145. The van der Waals surface area contributed by atoms with Crippen LogP contribution in [0.25, 0.3) is 11.0 Å². The van der Waals surface area contributed by atoms with Crippen LogP contribution in [0.2, 0.25) is 0 Å². The third-order valence-electron chi connectivity index (χ3n) is 2.20. The summed E-state index contributed by atoms with van der Waals surface area (Å²) in [6.07, 6.45) is 1.28. The smallest absolute Gasteiger partial charge is 0.315 e. The maximum atomic E-state index is 11.6. The van der Waals surface area contributed by atoms with Crippen molar-refractivity contribution in [1.29, 1.82) is 0 Å². The third-order valence-corrected chi connectivity index (χ3v) is 2.20. The van der Waals surface area contributed by atoms with Crippen molar-refractivity contribution in [3.05, 3.63) is 18.3 Å². The number of esters is 1. The van der Waals surface area contributed by atoms with E-state index in [9.17, 15) is 9.59 Å². The lowest BCUT2D eigenvalue weighted by Gasteiger charge is -2.02. The summed E-state index contributed by atoms with van der Waals surface area (Å²) >= 11 is 0. The number of amides is 1. The fourth-order valence-corrected chi connectivity index (χ4v) is 1.47. The first-order chi connectivity index (χ1) is 8.70. The summed E-state index contributed by atoms with van der Waals surface area (Å²) in [5.74, 6) is -0.591. The Hall–Kier alpha value is -2.44. The maximum absolute atomic E-state index is 11.6. The molecule has 0 fully saturated rings. The number of carbonyl (C=O) groups excluding carboxylic acids is 2. The normalized spacial score (nSPS) is 10.3. The second kappa shape index (κ2) is 5.26. The number of nitrogens with zero attached hydrogens (tertiary/aromatic N) is 2. The highest BCUT2D eigenvalue weighted by Gasteiger charge is 2.13. The van der Waals surface area contributed by atoms with Crippen molar-refractivity contribution < 1.29 is 14.3 Å². The van der Waals surface area contributed by atoms with Gasteiger partial charge in [0.25, 0.3) is 0 Å². The van der Waals surface area contributed by atoms with Gasteiger partial charge in [0.2, 0.25) is 5.91 Å². The monoisotopic (exact) mass is 248 g/mol. The van der Waals surface area contributed by atoms with Gasteiger partial charge in [-0.3, -0.25) is 14.7 Å². The Bertz CT molecular complexity index is 578. The highest BCUT2D eigenvalue weighted by Crippen LogP contribution is 2.17. The Labute approximate surface area is 103 Å². The molecule has 2 N–H and O–H groups in total. The lowest BCUT2D eigenvalue weighted by atomic mass is 10.3. The second-order valence-corrected chi connectivity index (χ2v) is 3.50. The quantitative estimate of drug-likeness (QED) is 0.617. The third kappa shape index (κ3) is 2.62. The molecule has 2 aromatic heterocycles. The standard InChI is InChI=1S/C11H12N4O3/c1-2-18-9(17)6-8(16)13-11-7-4-3-5-12-10(7)14-15-11/h3-5H,2,6H2,1H3,(H2,12,13,14,15,16). The minimum absolute atomic E-state index is 0.253. The minimum atomic E-state index is -0.558. The Balaban J connectivity index is 2.05. The molecule has 0 aliphatic carbocycles. The van der Waals surface area contributed by atoms with Gasteiger partial charge in [0.1, 0.15) is 12.2 Å². The van der Waals surface area contributed by atoms with Crippen molar-refractivity contribution >= 4 is 28.7 Å². The number of carbonyl (C=O) groups is 2. The summed E-state index contributed by atoms with van der Waals surface area (Å²) in [6.45, 7) is 1.94. The average molecular weight is 248 g/mol. The van der Waals surface area contributed by atoms with Crippen LogP contribution in [0, 0.1) is 0 Å². The van der Waals surface area contributed by atoms with Gasteiger partial charge in [0, 0.05) is 6.20 Å². The SMILES string of the molecule is CCOC(=O)CC(=O)Nc1[nH]nc2ncccc12. The molecule has 0 spiro atoms. The van der Waals surface area contributed by atoms with Crippen molar-refractivity contribution in [3.8, 4) is 0 Å². The molecule has 0 radical (unpaired) electrons. The van der Waals surface area contributed by atoms with Gasteiger partial charge < -0.3 is 10.1 Å². The van der Waals surface area contributed by atoms with Gasteiger partial charge in [0.05, 0.1) is 12.0 Å². The Morgan fingerprint density at radius 2 is 2.33 bits per heavy atom. The van der Waals surface area contributed by atoms with E-state index in [4.69, 9.17) is 0 Å². The van der Waals surface area contributed by atoms with Crippen LogP contribution in [0.15, 0.2) is 18.3 Å². The number of aromatic nitrogens is 3. The average Bonchev–Trinajstić information content (AvgIpc) is 2.73. The van der Waals surface area contributed by atoms with Crippen molar-refractivity contribution in [1.82, 2.24) is 15.2 Å². The number of ether oxygens (including phenoxy) is 1. The van der Waals surface area contributed by atoms with Crippen molar-refractivity contribution in [3.63, 3.8) is 0 Å². The topological polar surface area (TPSA) is 97.0 Å². The van der Waals surface area contributed by atoms with E-state index in [2.05, 4.69) is 25.2 Å². The Morgan fingerprint density at radius 3 is 3.11 bits per heavy atom. The largest absolute Gasteiger partial charge is 0.466 e. The van der Waals surface area contributed by atoms with Crippen molar-refractivity contribution in [2.75, 3.05) is 11.9 Å². The van der Waals surface area contributed by atoms with Gasteiger partial charge in [-0.05, 0) is 19.1 Å². The summed E-state index contributed by atoms with van der Waals surface area (Å²) in [7, 11) is 0. The highest BCUT2D eigenvalue weighted by atomic mass is 16.5. The number of aromatic amines is 1. The van der Waals surface area contributed by atoms with E-state index in [0.717, 1.165) is 0 Å². The molecule has 0 aromatic carbocycles. The first kappa shape index (κ1) is 12.0. The summed E-state index contributed by atoms with van der Waals surface area (Å²) in [4.78, 5) is 26.7. The summed E-state index contributed by atoms with van der Waals surface area (Å²) < 4.78 is 4.68. The van der Waals surface area contributed by atoms with Gasteiger partial charge in [-0.15, -0.1) is 0 Å². The van der Waals surface area contributed by atoms with E-state index < -0.39 is 11.9 Å². The second-order valence-electron chi connectivity index (χ2n) is 3.50. The fraction of sp³-hybridized carbons (Fsp3) is 0.273. The van der Waals surface area contributed by atoms with Crippen LogP contribution in [0.5, 0.6) is 0 Å². The molecule has 0 aliphatic rings. The van der Waals surface area contributed by atoms with Gasteiger partial charge in [-0.2, -0.15) is 5.10 Å². The number of pyridine rings is 1. The first-order valence-electron chi connectivity index (χ1n) is 5.45. The predicted octanol–water partition coefficient (Wildman–Crippen LogP) is 0.850. The number of hydrogen-bond donors (Lipinski definition) is 2. The molecule has 18 heavy (non-hydrogen) atoms. The number of H-pyrrole nitrogens is 1. The minimum Gasteiger partial charge on any atom is -0.466 e. The zero-order valence-electron chi connectivity index (χ0n) is 9.77. The van der Waals surface area contributed by atoms with E-state index in [1.54, 1.807) is 25.3 Å². The van der Waals surface area contributed by atoms with E-state index in [0.29, 0.717) is 16.9 Å². The molecule has 0 aliphatic heterocycles. The van der Waals surface area contributed by atoms with Crippen LogP contribution in [0.4, 0.5) is 5.82 Å².